The van der Waals surface area contributed by atoms with Crippen LogP contribution in [0.4, 0.5) is 0 Å². The number of benzene rings is 1. The second kappa shape index (κ2) is 6.32. The van der Waals surface area contributed by atoms with Crippen LogP contribution in [0.5, 0.6) is 0 Å². The molecule has 1 aromatic rings. The summed E-state index contributed by atoms with van der Waals surface area (Å²) in [5, 5.41) is 10.7. The zero-order valence-corrected chi connectivity index (χ0v) is 14.4. The van der Waals surface area contributed by atoms with Gasteiger partial charge in [-0.1, -0.05) is 30.3 Å². The lowest BCUT2D eigenvalue weighted by Gasteiger charge is -2.47. The van der Waals surface area contributed by atoms with Crippen LogP contribution in [-0.2, 0) is 15.2 Å². The lowest BCUT2D eigenvalue weighted by Crippen LogP contribution is -2.62. The Balaban J connectivity index is 2.10. The molecule has 1 N–H and O–H groups in total. The van der Waals surface area contributed by atoms with Gasteiger partial charge in [-0.05, 0) is 26.3 Å². The average Bonchev–Trinajstić information content (AvgIpc) is 2.46. The molecular formula is C18H26N2O3. The fourth-order valence-electron chi connectivity index (χ4n) is 3.18. The van der Waals surface area contributed by atoms with Gasteiger partial charge in [0.25, 0.3) is 0 Å². The molecule has 0 radical (unpaired) electrons. The minimum atomic E-state index is -1.20. The third-order valence-corrected chi connectivity index (χ3v) is 4.54. The normalized spacial score (nSPS) is 20.0. The molecular weight excluding hydrogens is 292 g/mol. The lowest BCUT2D eigenvalue weighted by molar-refractivity contribution is -0.150. The minimum Gasteiger partial charge on any atom is -0.385 e. The molecule has 1 saturated heterocycles. The standard InChI is InChI=1S/C18H26N2O3/c1-14(21)19-10-11-20(17(2,3)13-19)16(22)12-18(4,23)15-8-6-5-7-9-15/h5-9,23H,10-13H2,1-4H3. The Hall–Kier alpha value is -1.88. The van der Waals surface area contributed by atoms with Gasteiger partial charge in [-0.15, -0.1) is 0 Å². The number of amides is 2. The quantitative estimate of drug-likeness (QED) is 0.924. The van der Waals surface area contributed by atoms with Crippen LogP contribution in [0.25, 0.3) is 0 Å². The number of aliphatic hydroxyl groups is 1. The number of hydrogen-bond donors (Lipinski definition) is 1. The van der Waals surface area contributed by atoms with Crippen LogP contribution in [0.15, 0.2) is 30.3 Å². The van der Waals surface area contributed by atoms with Crippen molar-refractivity contribution in [1.82, 2.24) is 9.80 Å². The summed E-state index contributed by atoms with van der Waals surface area (Å²) >= 11 is 0. The molecule has 23 heavy (non-hydrogen) atoms. The van der Waals surface area contributed by atoms with Crippen molar-refractivity contribution in [1.29, 1.82) is 0 Å². The summed E-state index contributed by atoms with van der Waals surface area (Å²) in [5.74, 6) is -0.0616. The summed E-state index contributed by atoms with van der Waals surface area (Å²) in [4.78, 5) is 27.8. The molecule has 0 bridgehead atoms. The first kappa shape index (κ1) is 17.5. The van der Waals surface area contributed by atoms with E-state index in [1.807, 2.05) is 44.2 Å². The Kier molecular flexibility index (Phi) is 4.80. The largest absolute Gasteiger partial charge is 0.385 e. The lowest BCUT2D eigenvalue weighted by atomic mass is 9.90. The molecule has 5 nitrogen and oxygen atoms in total. The summed E-state index contributed by atoms with van der Waals surface area (Å²) < 4.78 is 0. The number of piperazine rings is 1. The van der Waals surface area contributed by atoms with E-state index in [0.29, 0.717) is 19.6 Å². The molecule has 2 amide bonds. The SMILES string of the molecule is CC(=O)N1CCN(C(=O)CC(C)(O)c2ccccc2)C(C)(C)C1. The molecule has 0 aliphatic carbocycles. The van der Waals surface area contributed by atoms with Gasteiger partial charge in [0.1, 0.15) is 0 Å². The van der Waals surface area contributed by atoms with E-state index in [9.17, 15) is 14.7 Å². The third kappa shape index (κ3) is 3.91. The van der Waals surface area contributed by atoms with Gasteiger partial charge >= 0.3 is 0 Å². The first-order valence-corrected chi connectivity index (χ1v) is 7.97. The van der Waals surface area contributed by atoms with Gasteiger partial charge in [0.05, 0.1) is 17.6 Å². The Morgan fingerprint density at radius 1 is 1.22 bits per heavy atom. The van der Waals surface area contributed by atoms with E-state index in [1.54, 1.807) is 23.6 Å². The Morgan fingerprint density at radius 2 is 1.83 bits per heavy atom. The van der Waals surface area contributed by atoms with Crippen LogP contribution in [0, 0.1) is 0 Å². The molecule has 0 aromatic heterocycles. The van der Waals surface area contributed by atoms with E-state index in [2.05, 4.69) is 0 Å². The number of carbonyl (C=O) groups is 2. The highest BCUT2D eigenvalue weighted by Gasteiger charge is 2.39. The number of rotatable bonds is 3. The maximum atomic E-state index is 12.7. The molecule has 5 heteroatoms. The van der Waals surface area contributed by atoms with E-state index in [1.165, 1.54) is 0 Å². The molecule has 126 valence electrons. The van der Waals surface area contributed by atoms with Crippen molar-refractivity contribution in [2.45, 2.75) is 45.3 Å². The van der Waals surface area contributed by atoms with Gasteiger partial charge in [0, 0.05) is 26.6 Å². The molecule has 2 rings (SSSR count). The van der Waals surface area contributed by atoms with Crippen molar-refractivity contribution in [3.8, 4) is 0 Å². The molecule has 0 saturated carbocycles. The maximum absolute atomic E-state index is 12.7. The molecule has 1 aliphatic rings. The van der Waals surface area contributed by atoms with Crippen molar-refractivity contribution in [3.63, 3.8) is 0 Å². The van der Waals surface area contributed by atoms with Crippen molar-refractivity contribution in [2.75, 3.05) is 19.6 Å². The maximum Gasteiger partial charge on any atom is 0.226 e. The second-order valence-corrected chi connectivity index (χ2v) is 7.12. The predicted molar refractivity (Wildman–Crippen MR) is 88.7 cm³/mol. The first-order valence-electron chi connectivity index (χ1n) is 7.97. The van der Waals surface area contributed by atoms with E-state index >= 15 is 0 Å². The smallest absolute Gasteiger partial charge is 0.226 e. The highest BCUT2D eigenvalue weighted by Crippen LogP contribution is 2.28. The fourth-order valence-corrected chi connectivity index (χ4v) is 3.18. The highest BCUT2D eigenvalue weighted by molar-refractivity contribution is 5.79. The Labute approximate surface area is 137 Å². The number of carbonyl (C=O) groups excluding carboxylic acids is 2. The highest BCUT2D eigenvalue weighted by atomic mass is 16.3. The molecule has 1 heterocycles. The van der Waals surface area contributed by atoms with Crippen molar-refractivity contribution in [2.24, 2.45) is 0 Å². The number of hydrogen-bond acceptors (Lipinski definition) is 3. The van der Waals surface area contributed by atoms with Gasteiger partial charge in [-0.25, -0.2) is 0 Å². The van der Waals surface area contributed by atoms with Gasteiger partial charge < -0.3 is 14.9 Å². The summed E-state index contributed by atoms with van der Waals surface area (Å²) in [7, 11) is 0. The van der Waals surface area contributed by atoms with Crippen LogP contribution in [0.2, 0.25) is 0 Å². The van der Waals surface area contributed by atoms with Gasteiger partial charge in [-0.3, -0.25) is 9.59 Å². The van der Waals surface area contributed by atoms with Crippen molar-refractivity contribution >= 4 is 11.8 Å². The van der Waals surface area contributed by atoms with Crippen LogP contribution in [-0.4, -0.2) is 51.9 Å². The number of nitrogens with zero attached hydrogens (tertiary/aromatic N) is 2. The zero-order valence-electron chi connectivity index (χ0n) is 14.4. The molecule has 1 aliphatic heterocycles. The first-order chi connectivity index (χ1) is 10.6. The topological polar surface area (TPSA) is 60.9 Å². The van der Waals surface area contributed by atoms with Gasteiger partial charge in [-0.2, -0.15) is 0 Å². The summed E-state index contributed by atoms with van der Waals surface area (Å²) in [5.41, 5.74) is -0.909. The zero-order chi connectivity index (χ0) is 17.3. The third-order valence-electron chi connectivity index (χ3n) is 4.54. The minimum absolute atomic E-state index is 0.0283. The molecule has 1 atom stereocenters. The summed E-state index contributed by atoms with van der Waals surface area (Å²) in [6, 6.07) is 9.23. The predicted octanol–water partition coefficient (Wildman–Crippen LogP) is 1.75. The van der Waals surface area contributed by atoms with Crippen molar-refractivity contribution in [3.05, 3.63) is 35.9 Å². The molecule has 0 spiro atoms. The van der Waals surface area contributed by atoms with Crippen LogP contribution in [0.1, 0.15) is 39.7 Å². The molecule has 1 fully saturated rings. The van der Waals surface area contributed by atoms with E-state index < -0.39 is 11.1 Å². The molecule has 1 unspecified atom stereocenters. The van der Waals surface area contributed by atoms with Gasteiger partial charge in [0.15, 0.2) is 0 Å². The summed E-state index contributed by atoms with van der Waals surface area (Å²) in [6.07, 6.45) is 0.0283. The van der Waals surface area contributed by atoms with Crippen LogP contribution < -0.4 is 0 Å². The summed E-state index contributed by atoms with van der Waals surface area (Å²) in [6.45, 7) is 8.68. The van der Waals surface area contributed by atoms with E-state index in [-0.39, 0.29) is 18.2 Å². The van der Waals surface area contributed by atoms with Crippen LogP contribution >= 0.6 is 0 Å². The van der Waals surface area contributed by atoms with E-state index in [0.717, 1.165) is 5.56 Å². The van der Waals surface area contributed by atoms with E-state index in [4.69, 9.17) is 0 Å². The van der Waals surface area contributed by atoms with Gasteiger partial charge in [0.2, 0.25) is 11.8 Å². The average molecular weight is 318 g/mol. The van der Waals surface area contributed by atoms with Crippen LogP contribution in [0.3, 0.4) is 0 Å². The second-order valence-electron chi connectivity index (χ2n) is 7.12. The Bertz CT molecular complexity index is 581. The fraction of sp³-hybridized carbons (Fsp3) is 0.556. The molecule has 1 aromatic carbocycles. The monoisotopic (exact) mass is 318 g/mol. The van der Waals surface area contributed by atoms with Crippen molar-refractivity contribution < 1.29 is 14.7 Å². The Morgan fingerprint density at radius 3 is 2.35 bits per heavy atom.